The summed E-state index contributed by atoms with van der Waals surface area (Å²) < 4.78 is 18.5. The number of nitrogens with two attached hydrogens (primary N) is 1. The molecule has 0 radical (unpaired) electrons. The number of carbonyl (C=O) groups is 1. The normalized spacial score (nSPS) is 10.4. The summed E-state index contributed by atoms with van der Waals surface area (Å²) in [6.45, 7) is 0. The van der Waals surface area contributed by atoms with Gasteiger partial charge in [0.1, 0.15) is 11.3 Å². The zero-order chi connectivity index (χ0) is 11.7. The van der Waals surface area contributed by atoms with E-state index in [1.165, 1.54) is 7.11 Å². The van der Waals surface area contributed by atoms with E-state index in [0.29, 0.717) is 10.9 Å². The van der Waals surface area contributed by atoms with Crippen molar-refractivity contribution < 1.29 is 13.9 Å². The molecule has 0 saturated carbocycles. The number of primary amides is 1. The minimum atomic E-state index is -0.914. The van der Waals surface area contributed by atoms with Gasteiger partial charge in [0.25, 0.3) is 5.91 Å². The van der Waals surface area contributed by atoms with E-state index in [0.717, 1.165) is 0 Å². The van der Waals surface area contributed by atoms with E-state index < -0.39 is 11.9 Å². The second-order valence-electron chi connectivity index (χ2n) is 3.19. The first-order valence-electron chi connectivity index (χ1n) is 4.57. The Bertz CT molecular complexity index is 569. The molecular weight excluding hydrogens is 211 g/mol. The average Bonchev–Trinajstić information content (AvgIpc) is 2.26. The summed E-state index contributed by atoms with van der Waals surface area (Å²) in [6.07, 6.45) is 0. The molecule has 1 aromatic heterocycles. The van der Waals surface area contributed by atoms with Crippen LogP contribution in [0.3, 0.4) is 0 Å². The summed E-state index contributed by atoms with van der Waals surface area (Å²) in [7, 11) is 1.35. The van der Waals surface area contributed by atoms with Gasteiger partial charge in [-0.3, -0.25) is 4.79 Å². The lowest BCUT2D eigenvalue weighted by atomic mass is 10.1. The van der Waals surface area contributed by atoms with Crippen LogP contribution in [0.4, 0.5) is 4.39 Å². The van der Waals surface area contributed by atoms with Crippen LogP contribution in [-0.4, -0.2) is 18.0 Å². The van der Waals surface area contributed by atoms with Gasteiger partial charge in [0, 0.05) is 5.39 Å². The summed E-state index contributed by atoms with van der Waals surface area (Å²) in [5.41, 5.74) is 5.18. The van der Waals surface area contributed by atoms with Crippen molar-refractivity contribution in [2.24, 2.45) is 5.73 Å². The SMILES string of the molecule is COc1c(C(N)=O)c(F)nc2ccccc12. The molecule has 0 aliphatic carbocycles. The van der Waals surface area contributed by atoms with Gasteiger partial charge in [-0.25, -0.2) is 4.98 Å². The highest BCUT2D eigenvalue weighted by molar-refractivity contribution is 6.01. The number of para-hydroxylation sites is 1. The number of benzene rings is 1. The van der Waals surface area contributed by atoms with E-state index in [2.05, 4.69) is 4.98 Å². The topological polar surface area (TPSA) is 65.2 Å². The van der Waals surface area contributed by atoms with Gasteiger partial charge in [-0.1, -0.05) is 12.1 Å². The smallest absolute Gasteiger partial charge is 0.257 e. The van der Waals surface area contributed by atoms with E-state index in [9.17, 15) is 9.18 Å². The molecule has 5 heteroatoms. The molecule has 1 heterocycles. The van der Waals surface area contributed by atoms with Crippen molar-refractivity contribution in [1.29, 1.82) is 0 Å². The molecule has 2 rings (SSSR count). The number of rotatable bonds is 2. The molecule has 2 aromatic rings. The molecule has 0 bridgehead atoms. The summed E-state index contributed by atoms with van der Waals surface area (Å²) in [5, 5.41) is 0.556. The summed E-state index contributed by atoms with van der Waals surface area (Å²) in [6, 6.07) is 6.78. The molecule has 16 heavy (non-hydrogen) atoms. The Morgan fingerprint density at radius 3 is 2.75 bits per heavy atom. The number of pyridine rings is 1. The average molecular weight is 220 g/mol. The number of aromatic nitrogens is 1. The number of nitrogens with zero attached hydrogens (tertiary/aromatic N) is 1. The fourth-order valence-corrected chi connectivity index (χ4v) is 1.58. The first kappa shape index (κ1) is 10.4. The fourth-order valence-electron chi connectivity index (χ4n) is 1.58. The fraction of sp³-hybridized carbons (Fsp3) is 0.0909. The van der Waals surface area contributed by atoms with Crippen molar-refractivity contribution in [2.45, 2.75) is 0 Å². The number of carbonyl (C=O) groups excluding carboxylic acids is 1. The Morgan fingerprint density at radius 2 is 2.12 bits per heavy atom. The van der Waals surface area contributed by atoms with Gasteiger partial charge < -0.3 is 10.5 Å². The Labute approximate surface area is 90.8 Å². The number of hydrogen-bond donors (Lipinski definition) is 1. The van der Waals surface area contributed by atoms with Crippen LogP contribution in [0.2, 0.25) is 0 Å². The Kier molecular flexibility index (Phi) is 2.44. The van der Waals surface area contributed by atoms with E-state index in [1.54, 1.807) is 24.3 Å². The molecule has 0 fully saturated rings. The number of ether oxygens (including phenoxy) is 1. The van der Waals surface area contributed by atoms with Crippen LogP contribution < -0.4 is 10.5 Å². The van der Waals surface area contributed by atoms with Gasteiger partial charge in [-0.2, -0.15) is 4.39 Å². The second-order valence-corrected chi connectivity index (χ2v) is 3.19. The predicted molar refractivity (Wildman–Crippen MR) is 56.8 cm³/mol. The number of fused-ring (bicyclic) bond motifs is 1. The number of hydrogen-bond acceptors (Lipinski definition) is 3. The molecule has 1 amide bonds. The summed E-state index contributed by atoms with van der Waals surface area (Å²) in [4.78, 5) is 14.8. The molecule has 2 N–H and O–H groups in total. The van der Waals surface area contributed by atoms with Crippen LogP contribution >= 0.6 is 0 Å². The van der Waals surface area contributed by atoms with Gasteiger partial charge in [0.05, 0.1) is 12.6 Å². The maximum Gasteiger partial charge on any atom is 0.257 e. The largest absolute Gasteiger partial charge is 0.495 e. The predicted octanol–water partition coefficient (Wildman–Crippen LogP) is 1.48. The third-order valence-corrected chi connectivity index (χ3v) is 2.25. The maximum absolute atomic E-state index is 13.5. The monoisotopic (exact) mass is 220 g/mol. The van der Waals surface area contributed by atoms with Crippen molar-refractivity contribution in [3.05, 3.63) is 35.8 Å². The minimum absolute atomic E-state index is 0.121. The lowest BCUT2D eigenvalue weighted by Crippen LogP contribution is -2.16. The van der Waals surface area contributed by atoms with Gasteiger partial charge in [0.15, 0.2) is 0 Å². The van der Waals surface area contributed by atoms with E-state index in [4.69, 9.17) is 10.5 Å². The molecular formula is C11H9FN2O2. The summed E-state index contributed by atoms with van der Waals surface area (Å²) >= 11 is 0. The lowest BCUT2D eigenvalue weighted by molar-refractivity contribution is 0.0992. The first-order chi connectivity index (χ1) is 7.65. The van der Waals surface area contributed by atoms with Gasteiger partial charge in [-0.05, 0) is 12.1 Å². The highest BCUT2D eigenvalue weighted by atomic mass is 19.1. The van der Waals surface area contributed by atoms with Crippen LogP contribution in [0, 0.1) is 5.95 Å². The quantitative estimate of drug-likeness (QED) is 0.779. The van der Waals surface area contributed by atoms with Crippen LogP contribution in [-0.2, 0) is 0 Å². The van der Waals surface area contributed by atoms with Crippen LogP contribution in [0.15, 0.2) is 24.3 Å². The molecule has 0 aliphatic rings. The highest BCUT2D eigenvalue weighted by Crippen LogP contribution is 2.29. The first-order valence-corrected chi connectivity index (χ1v) is 4.57. The third-order valence-electron chi connectivity index (χ3n) is 2.25. The Morgan fingerprint density at radius 1 is 1.44 bits per heavy atom. The zero-order valence-electron chi connectivity index (χ0n) is 8.53. The van der Waals surface area contributed by atoms with Crippen molar-refractivity contribution in [3.63, 3.8) is 0 Å². The molecule has 0 saturated heterocycles. The van der Waals surface area contributed by atoms with Crippen LogP contribution in [0.5, 0.6) is 5.75 Å². The van der Waals surface area contributed by atoms with E-state index >= 15 is 0 Å². The molecule has 0 atom stereocenters. The van der Waals surface area contributed by atoms with Crippen molar-refractivity contribution >= 4 is 16.8 Å². The van der Waals surface area contributed by atoms with Crippen LogP contribution in [0.25, 0.3) is 10.9 Å². The van der Waals surface area contributed by atoms with Gasteiger partial charge in [-0.15, -0.1) is 0 Å². The number of amides is 1. The zero-order valence-corrected chi connectivity index (χ0v) is 8.53. The number of methoxy groups -OCH3 is 1. The highest BCUT2D eigenvalue weighted by Gasteiger charge is 2.19. The van der Waals surface area contributed by atoms with Gasteiger partial charge in [0.2, 0.25) is 5.95 Å². The molecule has 0 unspecified atom stereocenters. The third kappa shape index (κ3) is 1.46. The lowest BCUT2D eigenvalue weighted by Gasteiger charge is -2.09. The molecule has 1 aromatic carbocycles. The van der Waals surface area contributed by atoms with Crippen LogP contribution in [0.1, 0.15) is 10.4 Å². The second kappa shape index (κ2) is 3.77. The van der Waals surface area contributed by atoms with Gasteiger partial charge >= 0.3 is 0 Å². The Balaban J connectivity index is 2.90. The minimum Gasteiger partial charge on any atom is -0.495 e. The summed E-state index contributed by atoms with van der Waals surface area (Å²) in [5.74, 6) is -1.69. The molecule has 82 valence electrons. The molecule has 0 spiro atoms. The molecule has 4 nitrogen and oxygen atoms in total. The van der Waals surface area contributed by atoms with Crippen molar-refractivity contribution in [2.75, 3.05) is 7.11 Å². The van der Waals surface area contributed by atoms with E-state index in [1.807, 2.05) is 0 Å². The van der Waals surface area contributed by atoms with E-state index in [-0.39, 0.29) is 11.3 Å². The van der Waals surface area contributed by atoms with Crippen molar-refractivity contribution in [3.8, 4) is 5.75 Å². The standard InChI is InChI=1S/C11H9FN2O2/c1-16-9-6-4-2-3-5-7(6)14-10(12)8(9)11(13)15/h2-5H,1H3,(H2,13,15). The molecule has 0 aliphatic heterocycles. The number of halogens is 1. The Hall–Kier alpha value is -2.17. The maximum atomic E-state index is 13.5. The van der Waals surface area contributed by atoms with Crippen molar-refractivity contribution in [1.82, 2.24) is 4.98 Å².